The number of benzene rings is 4. The number of aromatic nitrogens is 1. The number of nitrogens with zero attached hydrogens (tertiary/aromatic N) is 2. The SMILES string of the molecule is CCOc1cc(/C=N\NC(=O)c2ccc(-c3csc(Nc4ccc(Cl)cc4)n3)cc2)cc(I)c1OCC(=O)Nc1ccccc1. The molecule has 0 bridgehead atoms. The van der Waals surface area contributed by atoms with Crippen molar-refractivity contribution in [2.24, 2.45) is 5.10 Å². The van der Waals surface area contributed by atoms with Crippen molar-refractivity contribution >= 4 is 80.1 Å². The summed E-state index contributed by atoms with van der Waals surface area (Å²) in [4.78, 5) is 29.7. The first-order valence-electron chi connectivity index (χ1n) is 13.7. The maximum atomic E-state index is 12.7. The van der Waals surface area contributed by atoms with Crippen molar-refractivity contribution in [2.75, 3.05) is 23.8 Å². The van der Waals surface area contributed by atoms with Crippen molar-refractivity contribution in [1.29, 1.82) is 0 Å². The first-order valence-corrected chi connectivity index (χ1v) is 16.1. The van der Waals surface area contributed by atoms with Gasteiger partial charge in [-0.3, -0.25) is 9.59 Å². The smallest absolute Gasteiger partial charge is 0.271 e. The summed E-state index contributed by atoms with van der Waals surface area (Å²) in [5.74, 6) is 0.275. The highest BCUT2D eigenvalue weighted by Crippen LogP contribution is 2.34. The fourth-order valence-corrected chi connectivity index (χ4v) is 5.71. The molecule has 5 rings (SSSR count). The number of hydrazone groups is 1. The Hall–Kier alpha value is -4.46. The minimum absolute atomic E-state index is 0.183. The zero-order valence-electron chi connectivity index (χ0n) is 23.9. The summed E-state index contributed by atoms with van der Waals surface area (Å²) in [6.07, 6.45) is 1.52. The summed E-state index contributed by atoms with van der Waals surface area (Å²) in [5.41, 5.74) is 6.96. The molecule has 0 aliphatic heterocycles. The van der Waals surface area contributed by atoms with E-state index in [1.807, 2.05) is 73.0 Å². The van der Waals surface area contributed by atoms with Gasteiger partial charge in [0.15, 0.2) is 23.2 Å². The van der Waals surface area contributed by atoms with Crippen LogP contribution in [-0.2, 0) is 4.79 Å². The van der Waals surface area contributed by atoms with Crippen molar-refractivity contribution in [3.63, 3.8) is 0 Å². The van der Waals surface area contributed by atoms with Crippen LogP contribution < -0.4 is 25.5 Å². The summed E-state index contributed by atoms with van der Waals surface area (Å²) in [6, 6.07) is 27.3. The molecule has 0 radical (unpaired) electrons. The number of para-hydroxylation sites is 1. The van der Waals surface area contributed by atoms with E-state index in [0.717, 1.165) is 25.6 Å². The standard InChI is InChI=1S/C33H27ClIN5O4S/c1-2-43-29-17-21(16-27(35)31(29)44-19-30(41)37-25-6-4-3-5-7-25)18-36-40-32(42)23-10-8-22(9-11-23)28-20-45-33(39-28)38-26-14-12-24(34)13-15-26/h3-18,20H,2,19H2,1H3,(H,37,41)(H,38,39)(H,40,42)/b36-18-. The summed E-state index contributed by atoms with van der Waals surface area (Å²) in [5, 5.41) is 13.5. The van der Waals surface area contributed by atoms with E-state index in [1.165, 1.54) is 17.6 Å². The second-order valence-corrected chi connectivity index (χ2v) is 11.9. The predicted octanol–water partition coefficient (Wildman–Crippen LogP) is 7.99. The van der Waals surface area contributed by atoms with E-state index < -0.39 is 0 Å². The number of anilines is 3. The monoisotopic (exact) mass is 751 g/mol. The zero-order chi connectivity index (χ0) is 31.6. The van der Waals surface area contributed by atoms with Gasteiger partial charge in [-0.25, -0.2) is 10.4 Å². The number of thiazole rings is 1. The van der Waals surface area contributed by atoms with Crippen LogP contribution in [0.25, 0.3) is 11.3 Å². The van der Waals surface area contributed by atoms with Gasteiger partial charge in [0.2, 0.25) is 0 Å². The van der Waals surface area contributed by atoms with Crippen LogP contribution in [0.4, 0.5) is 16.5 Å². The van der Waals surface area contributed by atoms with Crippen molar-refractivity contribution in [2.45, 2.75) is 6.92 Å². The molecular weight excluding hydrogens is 725 g/mol. The van der Waals surface area contributed by atoms with Gasteiger partial charge < -0.3 is 20.1 Å². The molecule has 0 aliphatic carbocycles. The quantitative estimate of drug-likeness (QED) is 0.0677. The molecule has 0 unspecified atom stereocenters. The first kappa shape index (κ1) is 31.9. The lowest BCUT2D eigenvalue weighted by Crippen LogP contribution is -2.20. The molecule has 45 heavy (non-hydrogen) atoms. The number of hydrogen-bond acceptors (Lipinski definition) is 8. The van der Waals surface area contributed by atoms with E-state index in [0.29, 0.717) is 39.9 Å². The predicted molar refractivity (Wildman–Crippen MR) is 188 cm³/mol. The van der Waals surface area contributed by atoms with Crippen molar-refractivity contribution in [3.8, 4) is 22.8 Å². The molecule has 228 valence electrons. The highest BCUT2D eigenvalue weighted by molar-refractivity contribution is 14.1. The highest BCUT2D eigenvalue weighted by atomic mass is 127. The van der Waals surface area contributed by atoms with Gasteiger partial charge in [0.25, 0.3) is 11.8 Å². The van der Waals surface area contributed by atoms with Gasteiger partial charge >= 0.3 is 0 Å². The summed E-state index contributed by atoms with van der Waals surface area (Å²) in [7, 11) is 0. The average molecular weight is 752 g/mol. The van der Waals surface area contributed by atoms with Gasteiger partial charge in [-0.1, -0.05) is 41.9 Å². The number of nitrogens with one attached hydrogen (secondary N) is 3. The lowest BCUT2D eigenvalue weighted by Gasteiger charge is -2.14. The van der Waals surface area contributed by atoms with Gasteiger partial charge in [0.05, 0.1) is 22.1 Å². The number of ether oxygens (including phenoxy) is 2. The van der Waals surface area contributed by atoms with E-state index >= 15 is 0 Å². The lowest BCUT2D eigenvalue weighted by molar-refractivity contribution is -0.118. The van der Waals surface area contributed by atoms with Crippen LogP contribution in [0.1, 0.15) is 22.8 Å². The van der Waals surface area contributed by atoms with E-state index in [-0.39, 0.29) is 18.4 Å². The minimum atomic E-state index is -0.356. The Morgan fingerprint density at radius 3 is 2.47 bits per heavy atom. The van der Waals surface area contributed by atoms with E-state index in [4.69, 9.17) is 21.1 Å². The summed E-state index contributed by atoms with van der Waals surface area (Å²) >= 11 is 9.55. The van der Waals surface area contributed by atoms with Gasteiger partial charge in [-0.05, 0) is 95.7 Å². The molecule has 5 aromatic rings. The molecule has 1 aromatic heterocycles. The Morgan fingerprint density at radius 1 is 0.978 bits per heavy atom. The van der Waals surface area contributed by atoms with Gasteiger partial charge in [-0.15, -0.1) is 11.3 Å². The van der Waals surface area contributed by atoms with E-state index in [2.05, 4.69) is 48.7 Å². The number of rotatable bonds is 12. The number of hydrogen-bond donors (Lipinski definition) is 3. The largest absolute Gasteiger partial charge is 0.490 e. The Labute approximate surface area is 282 Å². The van der Waals surface area contributed by atoms with Crippen LogP contribution in [0.2, 0.25) is 5.02 Å². The third kappa shape index (κ3) is 9.03. The fraction of sp³-hybridized carbons (Fsp3) is 0.0909. The van der Waals surface area contributed by atoms with Crippen molar-refractivity contribution in [1.82, 2.24) is 10.4 Å². The second-order valence-electron chi connectivity index (χ2n) is 9.41. The van der Waals surface area contributed by atoms with Crippen LogP contribution in [0.5, 0.6) is 11.5 Å². The molecule has 12 heteroatoms. The van der Waals surface area contributed by atoms with Gasteiger partial charge in [-0.2, -0.15) is 5.10 Å². The van der Waals surface area contributed by atoms with Crippen LogP contribution in [0.15, 0.2) is 101 Å². The molecular formula is C33H27ClIN5O4S. The Balaban J connectivity index is 1.17. The first-order chi connectivity index (χ1) is 21.9. The normalized spacial score (nSPS) is 10.8. The minimum Gasteiger partial charge on any atom is -0.490 e. The number of amides is 2. The van der Waals surface area contributed by atoms with Crippen LogP contribution >= 0.6 is 45.5 Å². The second kappa shape index (κ2) is 15.5. The molecule has 0 fully saturated rings. The molecule has 2 amide bonds. The fourth-order valence-electron chi connectivity index (χ4n) is 4.06. The van der Waals surface area contributed by atoms with E-state index in [9.17, 15) is 9.59 Å². The van der Waals surface area contributed by atoms with Crippen LogP contribution in [-0.4, -0.2) is 36.2 Å². The van der Waals surface area contributed by atoms with Crippen molar-refractivity contribution in [3.05, 3.63) is 116 Å². The molecule has 0 atom stereocenters. The van der Waals surface area contributed by atoms with Crippen LogP contribution in [0.3, 0.4) is 0 Å². The molecule has 9 nitrogen and oxygen atoms in total. The molecule has 1 heterocycles. The lowest BCUT2D eigenvalue weighted by atomic mass is 10.1. The van der Waals surface area contributed by atoms with Crippen molar-refractivity contribution < 1.29 is 19.1 Å². The van der Waals surface area contributed by atoms with E-state index in [1.54, 1.807) is 30.3 Å². The maximum absolute atomic E-state index is 12.7. The Bertz CT molecular complexity index is 1800. The molecule has 3 N–H and O–H groups in total. The van der Waals surface area contributed by atoms with Gasteiger partial charge in [0, 0.05) is 32.9 Å². The summed E-state index contributed by atoms with van der Waals surface area (Å²) < 4.78 is 12.3. The third-order valence-electron chi connectivity index (χ3n) is 6.16. The Morgan fingerprint density at radius 2 is 1.73 bits per heavy atom. The van der Waals surface area contributed by atoms with Gasteiger partial charge in [0.1, 0.15) is 0 Å². The molecule has 0 spiro atoms. The molecule has 0 saturated carbocycles. The zero-order valence-corrected chi connectivity index (χ0v) is 27.7. The number of carbonyl (C=O) groups excluding carboxylic acids is 2. The average Bonchev–Trinajstić information content (AvgIpc) is 3.51. The Kier molecular flexibility index (Phi) is 11.0. The topological polar surface area (TPSA) is 114 Å². The molecule has 0 saturated heterocycles. The molecule has 4 aromatic carbocycles. The van der Waals surface area contributed by atoms with Crippen LogP contribution in [0, 0.1) is 3.57 Å². The highest BCUT2D eigenvalue weighted by Gasteiger charge is 2.14. The molecule has 0 aliphatic rings. The maximum Gasteiger partial charge on any atom is 0.271 e. The number of halogens is 2. The third-order valence-corrected chi connectivity index (χ3v) is 7.97. The number of carbonyl (C=O) groups is 2. The summed E-state index contributed by atoms with van der Waals surface area (Å²) in [6.45, 7) is 2.07.